The lowest BCUT2D eigenvalue weighted by atomic mass is 9.67. The number of Topliss-reactive ketones (excluding diaryl/α,β-unsaturated/α-hetero) is 2. The fourth-order valence-corrected chi connectivity index (χ4v) is 12.6. The number of ether oxygens (including phenoxy) is 1. The number of fused-ring (bicyclic) bond motifs is 8. The molecule has 1 fully saturated rings. The first-order valence-corrected chi connectivity index (χ1v) is 26.2. The van der Waals surface area contributed by atoms with Crippen LogP contribution in [0.3, 0.4) is 0 Å². The van der Waals surface area contributed by atoms with Gasteiger partial charge in [0.25, 0.3) is 0 Å². The van der Waals surface area contributed by atoms with E-state index < -0.39 is 17.9 Å². The number of hydrogen-bond donors (Lipinski definition) is 7. The highest BCUT2D eigenvalue weighted by Crippen LogP contribution is 2.48. The Morgan fingerprint density at radius 1 is 0.750 bits per heavy atom. The molecule has 10 heteroatoms. The Balaban J connectivity index is 1.01. The van der Waals surface area contributed by atoms with Crippen LogP contribution in [0.1, 0.15) is 130 Å². The van der Waals surface area contributed by atoms with E-state index in [-0.39, 0.29) is 72.3 Å². The molecule has 10 nitrogen and oxygen atoms in total. The third-order valence-electron chi connectivity index (χ3n) is 16.4. The lowest BCUT2D eigenvalue weighted by Gasteiger charge is -2.36. The number of benzene rings is 4. The van der Waals surface area contributed by atoms with Crippen LogP contribution in [0.4, 0.5) is 5.82 Å². The molecule has 7 N–H and O–H groups in total. The molecule has 370 valence electrons. The van der Waals surface area contributed by atoms with E-state index in [1.807, 2.05) is 67.0 Å². The molecule has 1 saturated carbocycles. The minimum absolute atomic E-state index is 0.0106. The van der Waals surface area contributed by atoms with Crippen molar-refractivity contribution < 1.29 is 34.8 Å². The molecule has 6 aromatic rings. The third kappa shape index (κ3) is 9.62. The van der Waals surface area contributed by atoms with Crippen LogP contribution in [0.25, 0.3) is 12.2 Å². The summed E-state index contributed by atoms with van der Waals surface area (Å²) in [6, 6.07) is 30.2. The monoisotopic (exact) mass is 963 g/mol. The molecule has 2 aromatic heterocycles. The number of aromatic nitrogens is 2. The number of rotatable bonds is 9. The van der Waals surface area contributed by atoms with Crippen LogP contribution in [0.5, 0.6) is 17.2 Å². The molecule has 0 saturated heterocycles. The first kappa shape index (κ1) is 47.4. The maximum atomic E-state index is 15.7. The molecule has 5 aliphatic rings. The lowest BCUT2D eigenvalue weighted by molar-refractivity contribution is -0.135. The van der Waals surface area contributed by atoms with Gasteiger partial charge < -0.3 is 40.4 Å². The normalized spacial score (nSPS) is 23.5. The summed E-state index contributed by atoms with van der Waals surface area (Å²) in [5.74, 6) is -1.22. The number of aryl methyl sites for hydroxylation is 2. The first-order chi connectivity index (χ1) is 35.2. The largest absolute Gasteiger partial charge is 0.507 e. The Hall–Kier alpha value is -6.88. The predicted molar refractivity (Wildman–Crippen MR) is 281 cm³/mol. The van der Waals surface area contributed by atoms with Crippen molar-refractivity contribution >= 4 is 29.5 Å². The summed E-state index contributed by atoms with van der Waals surface area (Å²) < 4.78 is 6.55. The minimum atomic E-state index is -1.04. The number of phenolic OH excluding ortho intramolecular Hbond substituents is 2. The second-order valence-corrected chi connectivity index (χ2v) is 20.9. The van der Waals surface area contributed by atoms with E-state index in [0.717, 1.165) is 106 Å². The first-order valence-electron chi connectivity index (χ1n) is 26.2. The van der Waals surface area contributed by atoms with Crippen molar-refractivity contribution in [1.82, 2.24) is 9.97 Å². The number of carbonyl (C=O) groups is 2. The second kappa shape index (κ2) is 20.7. The summed E-state index contributed by atoms with van der Waals surface area (Å²) in [7, 11) is 0. The highest BCUT2D eigenvalue weighted by atomic mass is 16.5. The molecule has 11 rings (SSSR count). The van der Waals surface area contributed by atoms with Crippen LogP contribution in [0.15, 0.2) is 127 Å². The second-order valence-electron chi connectivity index (χ2n) is 20.9. The smallest absolute Gasteiger partial charge is 0.161 e. The van der Waals surface area contributed by atoms with Crippen LogP contribution < -0.4 is 10.1 Å². The van der Waals surface area contributed by atoms with E-state index in [1.165, 1.54) is 0 Å². The van der Waals surface area contributed by atoms with Crippen LogP contribution in [0, 0.1) is 17.8 Å². The average molecular weight is 964 g/mol. The van der Waals surface area contributed by atoms with Crippen molar-refractivity contribution in [2.45, 2.75) is 107 Å². The van der Waals surface area contributed by atoms with Gasteiger partial charge in [-0.1, -0.05) is 91.0 Å². The van der Waals surface area contributed by atoms with Crippen LogP contribution in [-0.2, 0) is 35.3 Å². The Labute approximate surface area is 421 Å². The highest BCUT2D eigenvalue weighted by molar-refractivity contribution is 6.05. The van der Waals surface area contributed by atoms with Gasteiger partial charge in [-0.05, 0) is 145 Å². The van der Waals surface area contributed by atoms with Gasteiger partial charge in [0.2, 0.25) is 0 Å². The van der Waals surface area contributed by atoms with E-state index in [2.05, 4.69) is 76.0 Å². The number of allylic oxidation sites excluding steroid dienone is 2. The Morgan fingerprint density at radius 3 is 2.43 bits per heavy atom. The zero-order valence-corrected chi connectivity index (χ0v) is 40.7. The number of hydrogen-bond acceptors (Lipinski definition) is 8. The number of phenols is 2. The standard InChI is InChI=1S/C62H65N3O7/c66-28-25-51-56(68)22-16-40-30-42(60(70)58(34-40)72-44-10-4-5-11-44)29-39-15-19-46-49(57(69)33-37-7-2-1-3-8-37)21-20-47(52(46)32-39)50-24-27-64-62(50)65-36-43-35-54-48(23-26-63-54)53(59(43)61(51)71)31-38-13-17-41-9-6-12-55(67)45(41)18-14-38/h1-3,6-9,12,14-15,18-21,23-24,26-27,30,32,34-35,38,44,47,49,51,53,57,59,63-67,69-70H,4-5,10-11,13,16-17,22,25,28-29,31,33,36H2. The minimum Gasteiger partial charge on any atom is -0.507 e. The molecule has 4 bridgehead atoms. The molecule has 4 aliphatic carbocycles. The van der Waals surface area contributed by atoms with Gasteiger partial charge in [0, 0.05) is 84.4 Å². The SMILES string of the molecule is O=C1CCc2cc(c(O)c(OC3CCCC3)c2)Cc2ccc3c(c2)C(C=CC3C(O)Cc2ccccc2)c2cc[nH]c2NCC2=Cc3[nH]ccc3C(CC3C=Cc4c(O)cccc4CC3)C2C(=O)C1CCO. The third-order valence-corrected chi connectivity index (χ3v) is 16.4. The van der Waals surface area contributed by atoms with E-state index in [4.69, 9.17) is 4.74 Å². The van der Waals surface area contributed by atoms with Gasteiger partial charge in [0.15, 0.2) is 17.3 Å². The van der Waals surface area contributed by atoms with E-state index in [9.17, 15) is 25.2 Å². The van der Waals surface area contributed by atoms with E-state index in [1.54, 1.807) is 6.07 Å². The lowest BCUT2D eigenvalue weighted by Crippen LogP contribution is -2.38. The van der Waals surface area contributed by atoms with Gasteiger partial charge in [-0.15, -0.1) is 0 Å². The quantitative estimate of drug-likeness (QED) is 0.0555. The number of carbonyl (C=O) groups excluding carboxylic acids is 2. The number of nitrogens with one attached hydrogen (secondary N) is 3. The van der Waals surface area contributed by atoms with E-state index in [0.29, 0.717) is 43.5 Å². The summed E-state index contributed by atoms with van der Waals surface area (Å²) in [5.41, 5.74) is 11.4. The molecule has 4 aromatic carbocycles. The molecular formula is C62H65N3O7. The van der Waals surface area contributed by atoms with Crippen molar-refractivity contribution in [3.63, 3.8) is 0 Å². The number of aromatic hydroxyl groups is 2. The number of anilines is 1. The average Bonchev–Trinajstić information content (AvgIpc) is 4.17. The van der Waals surface area contributed by atoms with Crippen molar-refractivity contribution in [3.8, 4) is 17.2 Å². The van der Waals surface area contributed by atoms with Gasteiger partial charge in [0.1, 0.15) is 17.4 Å². The molecule has 7 atom stereocenters. The molecule has 72 heavy (non-hydrogen) atoms. The van der Waals surface area contributed by atoms with Crippen molar-refractivity contribution in [2.24, 2.45) is 17.8 Å². The highest BCUT2D eigenvalue weighted by Gasteiger charge is 2.43. The van der Waals surface area contributed by atoms with E-state index >= 15 is 4.79 Å². The summed E-state index contributed by atoms with van der Waals surface area (Å²) in [5, 5.41) is 49.0. The number of aromatic amines is 2. The van der Waals surface area contributed by atoms with Crippen LogP contribution >= 0.6 is 0 Å². The van der Waals surface area contributed by atoms with Crippen LogP contribution in [0.2, 0.25) is 0 Å². The number of aliphatic hydroxyl groups is 2. The van der Waals surface area contributed by atoms with Crippen molar-refractivity contribution in [3.05, 3.63) is 189 Å². The van der Waals surface area contributed by atoms with Crippen molar-refractivity contribution in [1.29, 1.82) is 0 Å². The van der Waals surface area contributed by atoms with Gasteiger partial charge in [-0.2, -0.15) is 0 Å². The Morgan fingerprint density at radius 2 is 1.58 bits per heavy atom. The summed E-state index contributed by atoms with van der Waals surface area (Å²) in [6.45, 7) is 0.00278. The molecule has 3 heterocycles. The fraction of sp³-hybridized carbons (Fsp3) is 0.355. The molecular weight excluding hydrogens is 899 g/mol. The fourth-order valence-electron chi connectivity index (χ4n) is 12.6. The predicted octanol–water partition coefficient (Wildman–Crippen LogP) is 11.0. The topological polar surface area (TPSA) is 168 Å². The summed E-state index contributed by atoms with van der Waals surface area (Å²) >= 11 is 0. The van der Waals surface area contributed by atoms with Crippen molar-refractivity contribution in [2.75, 3.05) is 18.5 Å². The van der Waals surface area contributed by atoms with Gasteiger partial charge >= 0.3 is 0 Å². The number of ketones is 2. The number of H-pyrrole nitrogens is 2. The van der Waals surface area contributed by atoms with Gasteiger partial charge in [0.05, 0.1) is 18.1 Å². The summed E-state index contributed by atoms with van der Waals surface area (Å²) in [6.07, 6.45) is 21.3. The van der Waals surface area contributed by atoms with Crippen LogP contribution in [-0.4, -0.2) is 67.3 Å². The maximum Gasteiger partial charge on any atom is 0.161 e. The summed E-state index contributed by atoms with van der Waals surface area (Å²) in [4.78, 5) is 37.4. The Bertz CT molecular complexity index is 3050. The molecule has 0 radical (unpaired) electrons. The Kier molecular flexibility index (Phi) is 13.6. The molecule has 7 unspecified atom stereocenters. The molecule has 0 spiro atoms. The number of aliphatic hydroxyl groups excluding tert-OH is 2. The molecule has 1 aliphatic heterocycles. The molecule has 0 amide bonds. The van der Waals surface area contributed by atoms with Gasteiger partial charge in [-0.25, -0.2) is 0 Å². The zero-order valence-electron chi connectivity index (χ0n) is 40.7. The van der Waals surface area contributed by atoms with Gasteiger partial charge in [-0.3, -0.25) is 9.59 Å². The zero-order chi connectivity index (χ0) is 49.3. The maximum absolute atomic E-state index is 15.7.